The molecule has 0 atom stereocenters. The maximum atomic E-state index is 13.3. The zero-order valence-corrected chi connectivity index (χ0v) is 19.8. The number of aromatic nitrogens is 2. The highest BCUT2D eigenvalue weighted by Gasteiger charge is 2.29. The van der Waals surface area contributed by atoms with Crippen LogP contribution in [0.1, 0.15) is 33.2 Å². The van der Waals surface area contributed by atoms with Crippen LogP contribution in [-0.4, -0.2) is 51.7 Å². The fourth-order valence-electron chi connectivity index (χ4n) is 4.67. The average molecular weight is 483 g/mol. The van der Waals surface area contributed by atoms with Gasteiger partial charge in [-0.1, -0.05) is 72.8 Å². The molecule has 1 aromatic heterocycles. The Morgan fingerprint density at radius 1 is 0.778 bits per heavy atom. The Hall–Kier alpha value is -4.10. The van der Waals surface area contributed by atoms with Gasteiger partial charge in [0.15, 0.2) is 0 Å². The fraction of sp³-hybridized carbons (Fsp3) is 0.207. The SMILES string of the molecule is O=C(c1ccc(=O)n(Cc2ccc(F)cc2)n1)N1CCN(C(c2ccccc2)c2ccccc2)CC1. The van der Waals surface area contributed by atoms with Crippen molar-refractivity contribution in [2.75, 3.05) is 26.2 Å². The van der Waals surface area contributed by atoms with Gasteiger partial charge in [0.25, 0.3) is 11.5 Å². The maximum absolute atomic E-state index is 13.3. The number of halogens is 1. The fourth-order valence-corrected chi connectivity index (χ4v) is 4.67. The van der Waals surface area contributed by atoms with E-state index < -0.39 is 0 Å². The standard InChI is InChI=1S/C29H27FN4O2/c30-25-13-11-22(12-14-25)21-34-27(35)16-15-26(31-34)29(36)33-19-17-32(18-20-33)28(23-7-3-1-4-8-23)24-9-5-2-6-10-24/h1-16,28H,17-21H2. The summed E-state index contributed by atoms with van der Waals surface area (Å²) in [6.45, 7) is 2.73. The third-order valence-electron chi connectivity index (χ3n) is 6.53. The molecule has 0 saturated carbocycles. The van der Waals surface area contributed by atoms with Crippen LogP contribution >= 0.6 is 0 Å². The second-order valence-electron chi connectivity index (χ2n) is 8.89. The topological polar surface area (TPSA) is 58.4 Å². The summed E-state index contributed by atoms with van der Waals surface area (Å²) in [7, 11) is 0. The number of amides is 1. The van der Waals surface area contributed by atoms with Gasteiger partial charge < -0.3 is 4.90 Å². The molecule has 1 aliphatic heterocycles. The molecule has 182 valence electrons. The first-order valence-electron chi connectivity index (χ1n) is 12.0. The van der Waals surface area contributed by atoms with E-state index in [1.165, 1.54) is 40.1 Å². The van der Waals surface area contributed by atoms with E-state index in [1.54, 1.807) is 17.0 Å². The largest absolute Gasteiger partial charge is 0.335 e. The van der Waals surface area contributed by atoms with Crippen LogP contribution in [0.25, 0.3) is 0 Å². The van der Waals surface area contributed by atoms with Crippen molar-refractivity contribution < 1.29 is 9.18 Å². The van der Waals surface area contributed by atoms with Gasteiger partial charge in [-0.15, -0.1) is 0 Å². The predicted octanol–water partition coefficient (Wildman–Crippen LogP) is 3.98. The molecular weight excluding hydrogens is 455 g/mol. The molecule has 0 bridgehead atoms. The van der Waals surface area contributed by atoms with Crippen molar-refractivity contribution >= 4 is 5.91 Å². The van der Waals surface area contributed by atoms with E-state index in [9.17, 15) is 14.0 Å². The van der Waals surface area contributed by atoms with E-state index in [2.05, 4.69) is 58.5 Å². The Morgan fingerprint density at radius 2 is 1.36 bits per heavy atom. The van der Waals surface area contributed by atoms with Crippen LogP contribution in [0.2, 0.25) is 0 Å². The third-order valence-corrected chi connectivity index (χ3v) is 6.53. The van der Waals surface area contributed by atoms with Crippen LogP contribution < -0.4 is 5.56 Å². The zero-order chi connectivity index (χ0) is 24.9. The van der Waals surface area contributed by atoms with E-state index in [0.29, 0.717) is 13.1 Å². The van der Waals surface area contributed by atoms with Gasteiger partial charge in [0.1, 0.15) is 11.5 Å². The molecule has 7 heteroatoms. The lowest BCUT2D eigenvalue weighted by Crippen LogP contribution is -2.50. The van der Waals surface area contributed by atoms with Crippen molar-refractivity contribution in [3.05, 3.63) is 136 Å². The zero-order valence-electron chi connectivity index (χ0n) is 19.8. The minimum atomic E-state index is -0.344. The second-order valence-corrected chi connectivity index (χ2v) is 8.89. The molecule has 2 heterocycles. The molecule has 1 aliphatic rings. The van der Waals surface area contributed by atoms with Gasteiger partial charge in [-0.25, -0.2) is 9.07 Å². The van der Waals surface area contributed by atoms with E-state index in [4.69, 9.17) is 0 Å². The molecule has 1 fully saturated rings. The van der Waals surface area contributed by atoms with Gasteiger partial charge in [-0.3, -0.25) is 14.5 Å². The molecule has 1 amide bonds. The predicted molar refractivity (Wildman–Crippen MR) is 136 cm³/mol. The van der Waals surface area contributed by atoms with Crippen molar-refractivity contribution in [1.82, 2.24) is 19.6 Å². The smallest absolute Gasteiger partial charge is 0.274 e. The summed E-state index contributed by atoms with van der Waals surface area (Å²) in [5.41, 5.74) is 3.09. The highest BCUT2D eigenvalue weighted by Crippen LogP contribution is 2.29. The van der Waals surface area contributed by atoms with Crippen molar-refractivity contribution in [3.63, 3.8) is 0 Å². The summed E-state index contributed by atoms with van der Waals surface area (Å²) in [6, 6.07) is 29.7. The summed E-state index contributed by atoms with van der Waals surface area (Å²) in [4.78, 5) is 29.8. The van der Waals surface area contributed by atoms with Crippen molar-refractivity contribution in [2.24, 2.45) is 0 Å². The molecule has 0 radical (unpaired) electrons. The molecule has 6 nitrogen and oxygen atoms in total. The highest BCUT2D eigenvalue weighted by molar-refractivity contribution is 5.92. The van der Waals surface area contributed by atoms with Crippen LogP contribution in [0.15, 0.2) is 102 Å². The van der Waals surface area contributed by atoms with E-state index in [-0.39, 0.29) is 35.6 Å². The Balaban J connectivity index is 1.30. The highest BCUT2D eigenvalue weighted by atomic mass is 19.1. The third kappa shape index (κ3) is 5.26. The van der Waals surface area contributed by atoms with E-state index in [0.717, 1.165) is 18.7 Å². The monoisotopic (exact) mass is 482 g/mol. The van der Waals surface area contributed by atoms with Crippen LogP contribution in [-0.2, 0) is 6.54 Å². The molecule has 0 aliphatic carbocycles. The van der Waals surface area contributed by atoms with Crippen molar-refractivity contribution in [2.45, 2.75) is 12.6 Å². The number of hydrogen-bond acceptors (Lipinski definition) is 4. The van der Waals surface area contributed by atoms with Gasteiger partial charge in [-0.2, -0.15) is 5.10 Å². The molecular formula is C29H27FN4O2. The second kappa shape index (κ2) is 10.7. The van der Waals surface area contributed by atoms with Crippen molar-refractivity contribution in [3.8, 4) is 0 Å². The Kier molecular flexibility index (Phi) is 7.00. The molecule has 36 heavy (non-hydrogen) atoms. The van der Waals surface area contributed by atoms with Crippen LogP contribution in [0.5, 0.6) is 0 Å². The van der Waals surface area contributed by atoms with E-state index in [1.807, 2.05) is 12.1 Å². The number of rotatable bonds is 6. The van der Waals surface area contributed by atoms with Gasteiger partial charge >= 0.3 is 0 Å². The Bertz CT molecular complexity index is 1330. The van der Waals surface area contributed by atoms with Crippen molar-refractivity contribution in [1.29, 1.82) is 0 Å². The summed E-state index contributed by atoms with van der Waals surface area (Å²) in [5, 5.41) is 4.32. The van der Waals surface area contributed by atoms with Crippen LogP contribution in [0.3, 0.4) is 0 Å². The lowest BCUT2D eigenvalue weighted by molar-refractivity contribution is 0.0589. The summed E-state index contributed by atoms with van der Waals surface area (Å²) >= 11 is 0. The molecule has 0 spiro atoms. The Morgan fingerprint density at radius 3 is 1.94 bits per heavy atom. The molecule has 3 aromatic carbocycles. The summed E-state index contributed by atoms with van der Waals surface area (Å²) in [6.07, 6.45) is 0. The quantitative estimate of drug-likeness (QED) is 0.417. The summed E-state index contributed by atoms with van der Waals surface area (Å²) in [5.74, 6) is -0.539. The van der Waals surface area contributed by atoms with E-state index >= 15 is 0 Å². The first-order valence-corrected chi connectivity index (χ1v) is 12.0. The Labute approximate surface area is 209 Å². The van der Waals surface area contributed by atoms with Gasteiger partial charge in [0.05, 0.1) is 12.6 Å². The number of nitrogens with zero attached hydrogens (tertiary/aromatic N) is 4. The van der Waals surface area contributed by atoms with Crippen LogP contribution in [0.4, 0.5) is 4.39 Å². The number of piperazine rings is 1. The molecule has 0 N–H and O–H groups in total. The molecule has 1 saturated heterocycles. The average Bonchev–Trinajstić information content (AvgIpc) is 2.92. The minimum Gasteiger partial charge on any atom is -0.335 e. The number of carbonyl (C=O) groups is 1. The lowest BCUT2D eigenvalue weighted by atomic mass is 9.96. The minimum absolute atomic E-state index is 0.111. The number of hydrogen-bond donors (Lipinski definition) is 0. The number of carbonyl (C=O) groups excluding carboxylic acids is 1. The first-order chi connectivity index (χ1) is 17.6. The van der Waals surface area contributed by atoms with Crippen LogP contribution in [0, 0.1) is 5.82 Å². The van der Waals surface area contributed by atoms with Gasteiger partial charge in [0, 0.05) is 32.2 Å². The molecule has 4 aromatic rings. The lowest BCUT2D eigenvalue weighted by Gasteiger charge is -2.39. The maximum Gasteiger partial charge on any atom is 0.274 e. The normalized spacial score (nSPS) is 14.2. The first kappa shape index (κ1) is 23.6. The summed E-state index contributed by atoms with van der Waals surface area (Å²) < 4.78 is 14.5. The molecule has 0 unspecified atom stereocenters. The molecule has 5 rings (SSSR count). The van der Waals surface area contributed by atoms with Gasteiger partial charge in [0.2, 0.25) is 0 Å². The number of benzene rings is 3. The van der Waals surface area contributed by atoms with Gasteiger partial charge in [-0.05, 0) is 34.9 Å².